The van der Waals surface area contributed by atoms with E-state index in [-0.39, 0.29) is 0 Å². The fourth-order valence-electron chi connectivity index (χ4n) is 1.58. The first-order valence-electron chi connectivity index (χ1n) is 5.26. The van der Waals surface area contributed by atoms with Gasteiger partial charge in [0, 0.05) is 19.9 Å². The highest BCUT2D eigenvalue weighted by atomic mass is 15.3. The molecule has 1 aliphatic heterocycles. The van der Waals surface area contributed by atoms with Gasteiger partial charge in [-0.2, -0.15) is 0 Å². The topological polar surface area (TPSA) is 39.3 Å². The third-order valence-corrected chi connectivity index (χ3v) is 2.58. The second-order valence-electron chi connectivity index (χ2n) is 3.38. The van der Waals surface area contributed by atoms with Crippen LogP contribution in [0.15, 0.2) is 0 Å². The summed E-state index contributed by atoms with van der Waals surface area (Å²) in [6.45, 7) is 9.77. The molecule has 0 radical (unpaired) electrons. The van der Waals surface area contributed by atoms with E-state index in [0.717, 1.165) is 26.4 Å². The Kier molecular flexibility index (Phi) is 5.31. The number of rotatable bonds is 5. The highest BCUT2D eigenvalue weighted by Crippen LogP contribution is 1.94. The SMILES string of the molecule is CCN(CC)CCC1NCNCN1. The Morgan fingerprint density at radius 1 is 1.15 bits per heavy atom. The van der Waals surface area contributed by atoms with Gasteiger partial charge in [0.25, 0.3) is 0 Å². The van der Waals surface area contributed by atoms with Gasteiger partial charge in [-0.25, -0.2) is 0 Å². The zero-order valence-electron chi connectivity index (χ0n) is 8.77. The van der Waals surface area contributed by atoms with Gasteiger partial charge in [-0.1, -0.05) is 13.8 Å². The quantitative estimate of drug-likeness (QED) is 0.553. The predicted molar refractivity (Wildman–Crippen MR) is 55.3 cm³/mol. The molecule has 0 atom stereocenters. The minimum absolute atomic E-state index is 0.488. The molecule has 1 rings (SSSR count). The average molecular weight is 186 g/mol. The van der Waals surface area contributed by atoms with Crippen LogP contribution in [0.4, 0.5) is 0 Å². The van der Waals surface area contributed by atoms with Gasteiger partial charge in [0.05, 0.1) is 6.17 Å². The van der Waals surface area contributed by atoms with Gasteiger partial charge in [-0.3, -0.25) is 16.0 Å². The molecule has 0 bridgehead atoms. The van der Waals surface area contributed by atoms with Crippen LogP contribution in [0, 0.1) is 0 Å². The molecule has 0 aromatic rings. The van der Waals surface area contributed by atoms with E-state index in [0.29, 0.717) is 6.17 Å². The fourth-order valence-corrected chi connectivity index (χ4v) is 1.58. The minimum Gasteiger partial charge on any atom is -0.304 e. The lowest BCUT2D eigenvalue weighted by Gasteiger charge is -2.28. The zero-order valence-corrected chi connectivity index (χ0v) is 8.77. The van der Waals surface area contributed by atoms with Gasteiger partial charge in [-0.05, 0) is 19.5 Å². The van der Waals surface area contributed by atoms with Gasteiger partial charge in [0.2, 0.25) is 0 Å². The lowest BCUT2D eigenvalue weighted by atomic mass is 10.3. The molecular formula is C9H22N4. The van der Waals surface area contributed by atoms with E-state index in [4.69, 9.17) is 0 Å². The molecule has 1 aliphatic rings. The Morgan fingerprint density at radius 3 is 2.31 bits per heavy atom. The summed E-state index contributed by atoms with van der Waals surface area (Å²) >= 11 is 0. The normalized spacial score (nSPS) is 19.6. The fraction of sp³-hybridized carbons (Fsp3) is 1.00. The molecule has 0 unspecified atom stereocenters. The van der Waals surface area contributed by atoms with Crippen LogP contribution in [-0.4, -0.2) is 44.0 Å². The summed E-state index contributed by atoms with van der Waals surface area (Å²) in [5, 5.41) is 9.94. The summed E-state index contributed by atoms with van der Waals surface area (Å²) < 4.78 is 0. The predicted octanol–water partition coefficient (Wildman–Crippen LogP) is -0.258. The standard InChI is InChI=1S/C9H22N4/c1-3-13(4-2)6-5-9-11-7-10-8-12-9/h9-12H,3-8H2,1-2H3. The molecule has 4 nitrogen and oxygen atoms in total. The molecule has 78 valence electrons. The Bertz CT molecular complexity index is 119. The first-order valence-corrected chi connectivity index (χ1v) is 5.26. The second-order valence-corrected chi connectivity index (χ2v) is 3.38. The van der Waals surface area contributed by atoms with Crippen LogP contribution in [-0.2, 0) is 0 Å². The smallest absolute Gasteiger partial charge is 0.0603 e. The highest BCUT2D eigenvalue weighted by molar-refractivity contribution is 4.69. The molecule has 0 amide bonds. The summed E-state index contributed by atoms with van der Waals surface area (Å²) in [6.07, 6.45) is 1.67. The maximum Gasteiger partial charge on any atom is 0.0603 e. The second kappa shape index (κ2) is 6.32. The van der Waals surface area contributed by atoms with E-state index >= 15 is 0 Å². The van der Waals surface area contributed by atoms with Crippen LogP contribution in [0.3, 0.4) is 0 Å². The first-order chi connectivity index (χ1) is 6.36. The molecular weight excluding hydrogens is 164 g/mol. The highest BCUT2D eigenvalue weighted by Gasteiger charge is 2.11. The molecule has 1 saturated heterocycles. The maximum absolute atomic E-state index is 3.37. The van der Waals surface area contributed by atoms with Crippen molar-refractivity contribution >= 4 is 0 Å². The van der Waals surface area contributed by atoms with Crippen molar-refractivity contribution in [2.45, 2.75) is 26.4 Å². The van der Waals surface area contributed by atoms with Crippen molar-refractivity contribution in [3.05, 3.63) is 0 Å². The number of nitrogens with zero attached hydrogens (tertiary/aromatic N) is 1. The lowest BCUT2D eigenvalue weighted by molar-refractivity contribution is 0.249. The van der Waals surface area contributed by atoms with E-state index < -0.39 is 0 Å². The summed E-state index contributed by atoms with van der Waals surface area (Å²) in [5.41, 5.74) is 0. The molecule has 0 spiro atoms. The molecule has 0 aliphatic carbocycles. The number of hydrogen-bond acceptors (Lipinski definition) is 4. The zero-order chi connectivity index (χ0) is 9.52. The monoisotopic (exact) mass is 186 g/mol. The van der Waals surface area contributed by atoms with Crippen LogP contribution in [0.2, 0.25) is 0 Å². The third kappa shape index (κ3) is 4.04. The molecule has 3 N–H and O–H groups in total. The lowest BCUT2D eigenvalue weighted by Crippen LogP contribution is -2.56. The van der Waals surface area contributed by atoms with Crippen LogP contribution < -0.4 is 16.0 Å². The molecule has 13 heavy (non-hydrogen) atoms. The largest absolute Gasteiger partial charge is 0.304 e. The summed E-state index contributed by atoms with van der Waals surface area (Å²) in [6, 6.07) is 0. The van der Waals surface area contributed by atoms with Gasteiger partial charge < -0.3 is 4.90 Å². The van der Waals surface area contributed by atoms with Crippen LogP contribution in [0.5, 0.6) is 0 Å². The van der Waals surface area contributed by atoms with E-state index in [9.17, 15) is 0 Å². The number of nitrogens with one attached hydrogen (secondary N) is 3. The van der Waals surface area contributed by atoms with Crippen molar-refractivity contribution in [2.24, 2.45) is 0 Å². The molecule has 0 aromatic heterocycles. The maximum atomic E-state index is 3.37. The van der Waals surface area contributed by atoms with E-state index in [1.165, 1.54) is 13.0 Å². The van der Waals surface area contributed by atoms with Crippen molar-refractivity contribution in [3.8, 4) is 0 Å². The summed E-state index contributed by atoms with van der Waals surface area (Å²) in [5.74, 6) is 0. The van der Waals surface area contributed by atoms with Crippen LogP contribution >= 0.6 is 0 Å². The summed E-state index contributed by atoms with van der Waals surface area (Å²) in [4.78, 5) is 2.45. The average Bonchev–Trinajstić information content (AvgIpc) is 2.21. The first kappa shape index (κ1) is 10.9. The Hall–Kier alpha value is -0.160. The van der Waals surface area contributed by atoms with Gasteiger partial charge in [-0.15, -0.1) is 0 Å². The van der Waals surface area contributed by atoms with E-state index in [1.807, 2.05) is 0 Å². The van der Waals surface area contributed by atoms with Crippen LogP contribution in [0.25, 0.3) is 0 Å². The third-order valence-electron chi connectivity index (χ3n) is 2.58. The van der Waals surface area contributed by atoms with Crippen LogP contribution in [0.1, 0.15) is 20.3 Å². The van der Waals surface area contributed by atoms with E-state index in [2.05, 4.69) is 34.7 Å². The molecule has 1 heterocycles. The van der Waals surface area contributed by atoms with Crippen molar-refractivity contribution in [3.63, 3.8) is 0 Å². The van der Waals surface area contributed by atoms with Crippen molar-refractivity contribution < 1.29 is 0 Å². The summed E-state index contributed by atoms with van der Waals surface area (Å²) in [7, 11) is 0. The molecule has 1 fully saturated rings. The van der Waals surface area contributed by atoms with Crippen molar-refractivity contribution in [1.29, 1.82) is 0 Å². The van der Waals surface area contributed by atoms with Gasteiger partial charge in [0.15, 0.2) is 0 Å². The Labute approximate surface area is 81.1 Å². The molecule has 0 saturated carbocycles. The number of hydrogen-bond donors (Lipinski definition) is 3. The van der Waals surface area contributed by atoms with Gasteiger partial charge in [0.1, 0.15) is 0 Å². The Morgan fingerprint density at radius 2 is 1.77 bits per heavy atom. The molecule has 0 aromatic carbocycles. The van der Waals surface area contributed by atoms with E-state index in [1.54, 1.807) is 0 Å². The minimum atomic E-state index is 0.488. The Balaban J connectivity index is 2.09. The van der Waals surface area contributed by atoms with Crippen molar-refractivity contribution in [2.75, 3.05) is 33.0 Å². The van der Waals surface area contributed by atoms with Crippen molar-refractivity contribution in [1.82, 2.24) is 20.9 Å². The molecule has 4 heteroatoms. The van der Waals surface area contributed by atoms with Gasteiger partial charge >= 0.3 is 0 Å².